The fourth-order valence-corrected chi connectivity index (χ4v) is 1.64. The van der Waals surface area contributed by atoms with Gasteiger partial charge in [-0.3, -0.25) is 10.1 Å². The molecule has 6 nitrogen and oxygen atoms in total. The van der Waals surface area contributed by atoms with E-state index in [4.69, 9.17) is 10.5 Å². The lowest BCUT2D eigenvalue weighted by atomic mass is 10.1. The van der Waals surface area contributed by atoms with Crippen molar-refractivity contribution in [2.24, 2.45) is 5.73 Å². The molecule has 2 atom stereocenters. The van der Waals surface area contributed by atoms with Crippen LogP contribution in [0.4, 0.5) is 5.69 Å². The number of non-ortho nitro benzene ring substituents is 1. The maximum Gasteiger partial charge on any atom is 0.338 e. The lowest BCUT2D eigenvalue weighted by Gasteiger charge is -2.20. The summed E-state index contributed by atoms with van der Waals surface area (Å²) >= 11 is 0. The number of nitrogens with zero attached hydrogens (tertiary/aromatic N) is 1. The summed E-state index contributed by atoms with van der Waals surface area (Å²) in [7, 11) is 0. The number of rotatable bonds is 6. The normalized spacial score (nSPS) is 13.6. The monoisotopic (exact) mass is 266 g/mol. The van der Waals surface area contributed by atoms with Gasteiger partial charge >= 0.3 is 5.97 Å². The van der Waals surface area contributed by atoms with Crippen molar-refractivity contribution in [3.8, 4) is 0 Å². The lowest BCUT2D eigenvalue weighted by molar-refractivity contribution is -0.384. The van der Waals surface area contributed by atoms with Gasteiger partial charge in [0, 0.05) is 18.2 Å². The molecule has 0 aliphatic rings. The van der Waals surface area contributed by atoms with E-state index in [1.54, 1.807) is 6.92 Å². The summed E-state index contributed by atoms with van der Waals surface area (Å²) in [6, 6.07) is 5.06. The number of hydrogen-bond acceptors (Lipinski definition) is 5. The number of hydrogen-bond donors (Lipinski definition) is 1. The van der Waals surface area contributed by atoms with Crippen LogP contribution in [0.25, 0.3) is 0 Å². The first-order chi connectivity index (χ1) is 8.95. The van der Waals surface area contributed by atoms with Crippen LogP contribution in [-0.2, 0) is 4.74 Å². The minimum atomic E-state index is -0.517. The summed E-state index contributed by atoms with van der Waals surface area (Å²) < 4.78 is 5.30. The van der Waals surface area contributed by atoms with Gasteiger partial charge in [-0.2, -0.15) is 0 Å². The van der Waals surface area contributed by atoms with Gasteiger partial charge in [0.25, 0.3) is 5.69 Å². The van der Waals surface area contributed by atoms with Crippen molar-refractivity contribution in [2.45, 2.75) is 38.8 Å². The van der Waals surface area contributed by atoms with Crippen LogP contribution in [0.15, 0.2) is 24.3 Å². The Balaban J connectivity index is 2.74. The second-order valence-corrected chi connectivity index (χ2v) is 4.40. The van der Waals surface area contributed by atoms with Gasteiger partial charge in [0.1, 0.15) is 6.10 Å². The van der Waals surface area contributed by atoms with E-state index in [0.717, 1.165) is 6.42 Å². The molecule has 0 heterocycles. The Hall–Kier alpha value is -1.95. The summed E-state index contributed by atoms with van der Waals surface area (Å²) in [5.41, 5.74) is 5.97. The Morgan fingerprint density at radius 1 is 1.42 bits per heavy atom. The zero-order valence-electron chi connectivity index (χ0n) is 11.0. The molecule has 104 valence electrons. The third-order valence-electron chi connectivity index (χ3n) is 2.73. The highest BCUT2D eigenvalue weighted by Gasteiger charge is 2.19. The van der Waals surface area contributed by atoms with Crippen molar-refractivity contribution in [1.82, 2.24) is 0 Å². The maximum atomic E-state index is 11.9. The Morgan fingerprint density at radius 2 is 2.00 bits per heavy atom. The van der Waals surface area contributed by atoms with Crippen molar-refractivity contribution in [3.63, 3.8) is 0 Å². The highest BCUT2D eigenvalue weighted by molar-refractivity contribution is 5.89. The molecular weight excluding hydrogens is 248 g/mol. The number of benzene rings is 1. The van der Waals surface area contributed by atoms with Gasteiger partial charge in [0.05, 0.1) is 10.5 Å². The van der Waals surface area contributed by atoms with E-state index in [0.29, 0.717) is 6.42 Å². The van der Waals surface area contributed by atoms with Crippen molar-refractivity contribution in [3.05, 3.63) is 39.9 Å². The fraction of sp³-hybridized carbons (Fsp3) is 0.462. The molecule has 1 unspecified atom stereocenters. The predicted molar refractivity (Wildman–Crippen MR) is 70.9 cm³/mol. The van der Waals surface area contributed by atoms with E-state index in [-0.39, 0.29) is 23.4 Å². The number of carbonyl (C=O) groups is 1. The van der Waals surface area contributed by atoms with E-state index in [9.17, 15) is 14.9 Å². The molecule has 0 spiro atoms. The van der Waals surface area contributed by atoms with Crippen molar-refractivity contribution < 1.29 is 14.5 Å². The highest BCUT2D eigenvalue weighted by Crippen LogP contribution is 2.15. The smallest absolute Gasteiger partial charge is 0.338 e. The number of esters is 1. The third-order valence-corrected chi connectivity index (χ3v) is 2.73. The lowest BCUT2D eigenvalue weighted by Crippen LogP contribution is -2.35. The molecule has 19 heavy (non-hydrogen) atoms. The van der Waals surface area contributed by atoms with Crippen molar-refractivity contribution in [2.75, 3.05) is 0 Å². The Bertz CT molecular complexity index is 442. The van der Waals surface area contributed by atoms with Gasteiger partial charge in [0.2, 0.25) is 0 Å². The van der Waals surface area contributed by atoms with Crippen LogP contribution in [0.2, 0.25) is 0 Å². The average Bonchev–Trinajstić information content (AvgIpc) is 2.38. The molecule has 1 aromatic rings. The molecule has 0 aromatic heterocycles. The van der Waals surface area contributed by atoms with Crippen molar-refractivity contribution >= 4 is 11.7 Å². The summed E-state index contributed by atoms with van der Waals surface area (Å²) in [5, 5.41) is 10.5. The van der Waals surface area contributed by atoms with Crippen molar-refractivity contribution in [1.29, 1.82) is 0 Å². The van der Waals surface area contributed by atoms with Crippen LogP contribution >= 0.6 is 0 Å². The van der Waals surface area contributed by atoms with Crippen LogP contribution in [0, 0.1) is 10.1 Å². The van der Waals surface area contributed by atoms with Crippen LogP contribution < -0.4 is 5.73 Å². The standard InChI is InChI=1S/C13H18N2O4/c1-3-4-12(9(2)14)19-13(16)10-5-7-11(8-6-10)15(17)18/h5-9,12H,3-4,14H2,1-2H3/t9-,12?/m0/s1. The van der Waals surface area contributed by atoms with Crippen LogP contribution in [0.1, 0.15) is 37.0 Å². The van der Waals surface area contributed by atoms with Crippen LogP contribution in [-0.4, -0.2) is 23.0 Å². The number of nitrogens with two attached hydrogens (primary N) is 1. The van der Waals surface area contributed by atoms with E-state index in [1.807, 2.05) is 6.92 Å². The summed E-state index contributed by atoms with van der Waals surface area (Å²) in [6.07, 6.45) is 1.21. The third kappa shape index (κ3) is 4.33. The SMILES string of the molecule is CCCC(OC(=O)c1ccc([N+](=O)[O-])cc1)[C@H](C)N. The van der Waals surface area contributed by atoms with E-state index >= 15 is 0 Å². The number of carbonyl (C=O) groups excluding carboxylic acids is 1. The summed E-state index contributed by atoms with van der Waals surface area (Å²) in [5.74, 6) is -0.509. The molecule has 0 bridgehead atoms. The largest absolute Gasteiger partial charge is 0.457 e. The highest BCUT2D eigenvalue weighted by atomic mass is 16.6. The van der Waals surface area contributed by atoms with Gasteiger partial charge < -0.3 is 10.5 Å². The molecule has 2 N–H and O–H groups in total. The average molecular weight is 266 g/mol. The Labute approximate surface area is 111 Å². The molecule has 6 heteroatoms. The summed E-state index contributed by atoms with van der Waals surface area (Å²) in [4.78, 5) is 21.9. The van der Waals surface area contributed by atoms with E-state index in [2.05, 4.69) is 0 Å². The van der Waals surface area contributed by atoms with E-state index in [1.165, 1.54) is 24.3 Å². The Morgan fingerprint density at radius 3 is 2.42 bits per heavy atom. The zero-order chi connectivity index (χ0) is 14.4. The van der Waals surface area contributed by atoms with E-state index < -0.39 is 10.9 Å². The quantitative estimate of drug-likeness (QED) is 0.484. The maximum absolute atomic E-state index is 11.9. The summed E-state index contributed by atoms with van der Waals surface area (Å²) in [6.45, 7) is 3.76. The molecule has 0 saturated heterocycles. The molecular formula is C13H18N2O4. The van der Waals surface area contributed by atoms with Gasteiger partial charge in [0.15, 0.2) is 0 Å². The molecule has 0 radical (unpaired) electrons. The molecule has 0 amide bonds. The van der Waals surface area contributed by atoms with Gasteiger partial charge in [-0.15, -0.1) is 0 Å². The second-order valence-electron chi connectivity index (χ2n) is 4.40. The zero-order valence-corrected chi connectivity index (χ0v) is 11.0. The van der Waals surface area contributed by atoms with Gasteiger partial charge in [-0.1, -0.05) is 13.3 Å². The molecule has 0 fully saturated rings. The molecule has 1 rings (SSSR count). The first kappa shape index (κ1) is 15.1. The minimum absolute atomic E-state index is 0.0612. The minimum Gasteiger partial charge on any atom is -0.457 e. The first-order valence-electron chi connectivity index (χ1n) is 6.16. The van der Waals surface area contributed by atoms with Gasteiger partial charge in [-0.25, -0.2) is 4.79 Å². The topological polar surface area (TPSA) is 95.5 Å². The fourth-order valence-electron chi connectivity index (χ4n) is 1.64. The Kier molecular flexibility index (Phi) is 5.44. The number of ether oxygens (including phenoxy) is 1. The van der Waals surface area contributed by atoms with Gasteiger partial charge in [-0.05, 0) is 25.5 Å². The van der Waals surface area contributed by atoms with Crippen LogP contribution in [0.5, 0.6) is 0 Å². The number of nitro groups is 1. The predicted octanol–water partition coefficient (Wildman–Crippen LogP) is 2.27. The molecule has 0 aliphatic carbocycles. The first-order valence-corrected chi connectivity index (χ1v) is 6.16. The van der Waals surface area contributed by atoms with Crippen LogP contribution in [0.3, 0.4) is 0 Å². The second kappa shape index (κ2) is 6.84. The molecule has 0 aliphatic heterocycles. The molecule has 0 saturated carbocycles. The number of nitro benzene ring substituents is 1. The molecule has 1 aromatic carbocycles.